The largest absolute Gasteiger partial charge is 0.288 e. The van der Waals surface area contributed by atoms with E-state index in [1.807, 2.05) is 43.3 Å². The monoisotopic (exact) mass is 311 g/mol. The van der Waals surface area contributed by atoms with Crippen LogP contribution in [0.15, 0.2) is 48.5 Å². The number of hydrazine groups is 1. The molecule has 2 N–H and O–H groups in total. The molecule has 0 fully saturated rings. The van der Waals surface area contributed by atoms with Crippen molar-refractivity contribution in [3.8, 4) is 0 Å². The first-order valence-corrected chi connectivity index (χ1v) is 7.48. The lowest BCUT2D eigenvalue weighted by molar-refractivity contribution is 0.0846. The molecule has 0 bridgehead atoms. The van der Waals surface area contributed by atoms with Gasteiger partial charge in [-0.15, -0.1) is 11.3 Å². The lowest BCUT2D eigenvalue weighted by Crippen LogP contribution is -2.41. The highest BCUT2D eigenvalue weighted by atomic mass is 32.1. The molecule has 2 heterocycles. The summed E-state index contributed by atoms with van der Waals surface area (Å²) in [5, 5.41) is 0.956. The molecule has 1 aromatic carbocycles. The van der Waals surface area contributed by atoms with Crippen molar-refractivity contribution >= 4 is 34.1 Å². The SMILES string of the molecule is Cc1ccc(C(=O)NNC(=O)c2ccc3ccccc3n2)s1. The molecule has 0 atom stereocenters. The fraction of sp³-hybridized carbons (Fsp3) is 0.0625. The molecule has 0 aliphatic rings. The average Bonchev–Trinajstić information content (AvgIpc) is 2.98. The summed E-state index contributed by atoms with van der Waals surface area (Å²) in [6, 6.07) is 14.5. The Kier molecular flexibility index (Phi) is 3.84. The van der Waals surface area contributed by atoms with Gasteiger partial charge in [0.15, 0.2) is 0 Å². The highest BCUT2D eigenvalue weighted by molar-refractivity contribution is 7.13. The lowest BCUT2D eigenvalue weighted by atomic mass is 10.2. The van der Waals surface area contributed by atoms with E-state index in [1.165, 1.54) is 11.3 Å². The number of amides is 2. The predicted molar refractivity (Wildman–Crippen MR) is 85.7 cm³/mol. The molecule has 0 unspecified atom stereocenters. The van der Waals surface area contributed by atoms with Crippen LogP contribution in [0.2, 0.25) is 0 Å². The number of fused-ring (bicyclic) bond motifs is 1. The van der Waals surface area contributed by atoms with Gasteiger partial charge in [-0.3, -0.25) is 20.4 Å². The number of hydrogen-bond acceptors (Lipinski definition) is 4. The molecule has 3 aromatic rings. The maximum Gasteiger partial charge on any atom is 0.288 e. The van der Waals surface area contributed by atoms with E-state index < -0.39 is 5.91 Å². The number of para-hydroxylation sites is 1. The van der Waals surface area contributed by atoms with Gasteiger partial charge in [-0.05, 0) is 31.2 Å². The first-order valence-electron chi connectivity index (χ1n) is 6.66. The summed E-state index contributed by atoms with van der Waals surface area (Å²) >= 11 is 1.37. The van der Waals surface area contributed by atoms with Crippen LogP contribution in [-0.4, -0.2) is 16.8 Å². The Hall–Kier alpha value is -2.73. The zero-order chi connectivity index (χ0) is 15.5. The molecule has 5 nitrogen and oxygen atoms in total. The molecule has 0 spiro atoms. The van der Waals surface area contributed by atoms with Crippen molar-refractivity contribution in [1.29, 1.82) is 0 Å². The van der Waals surface area contributed by atoms with Crippen LogP contribution in [0.4, 0.5) is 0 Å². The van der Waals surface area contributed by atoms with Gasteiger partial charge in [0.05, 0.1) is 10.4 Å². The van der Waals surface area contributed by atoms with Gasteiger partial charge in [-0.2, -0.15) is 0 Å². The van der Waals surface area contributed by atoms with E-state index in [2.05, 4.69) is 15.8 Å². The molecular weight excluding hydrogens is 298 g/mol. The van der Waals surface area contributed by atoms with Crippen molar-refractivity contribution in [3.63, 3.8) is 0 Å². The van der Waals surface area contributed by atoms with Crippen molar-refractivity contribution < 1.29 is 9.59 Å². The third-order valence-electron chi connectivity index (χ3n) is 3.08. The Balaban J connectivity index is 1.69. The van der Waals surface area contributed by atoms with Crippen LogP contribution in [0, 0.1) is 6.92 Å². The molecule has 2 aromatic heterocycles. The van der Waals surface area contributed by atoms with Crippen LogP contribution in [0.1, 0.15) is 25.0 Å². The van der Waals surface area contributed by atoms with Gasteiger partial charge >= 0.3 is 0 Å². The summed E-state index contributed by atoms with van der Waals surface area (Å²) in [6.07, 6.45) is 0. The number of thiophene rings is 1. The Labute approximate surface area is 131 Å². The lowest BCUT2D eigenvalue weighted by Gasteiger charge is -2.06. The van der Waals surface area contributed by atoms with E-state index >= 15 is 0 Å². The van der Waals surface area contributed by atoms with Crippen LogP contribution in [0.25, 0.3) is 10.9 Å². The average molecular weight is 311 g/mol. The predicted octanol–water partition coefficient (Wildman–Crippen LogP) is 2.68. The Morgan fingerprint density at radius 2 is 1.73 bits per heavy atom. The van der Waals surface area contributed by atoms with Crippen molar-refractivity contribution in [2.45, 2.75) is 6.92 Å². The molecule has 0 saturated heterocycles. The van der Waals surface area contributed by atoms with Crippen LogP contribution in [0.3, 0.4) is 0 Å². The van der Waals surface area contributed by atoms with Gasteiger partial charge in [0.25, 0.3) is 11.8 Å². The molecule has 6 heteroatoms. The third kappa shape index (κ3) is 2.96. The molecule has 3 rings (SSSR count). The zero-order valence-electron chi connectivity index (χ0n) is 11.8. The summed E-state index contributed by atoms with van der Waals surface area (Å²) in [6.45, 7) is 1.92. The van der Waals surface area contributed by atoms with E-state index in [1.54, 1.807) is 12.1 Å². The number of hydrogen-bond donors (Lipinski definition) is 2. The molecule has 22 heavy (non-hydrogen) atoms. The van der Waals surface area contributed by atoms with Gasteiger partial charge in [0.1, 0.15) is 5.69 Å². The molecule has 0 aliphatic heterocycles. The summed E-state index contributed by atoms with van der Waals surface area (Å²) in [4.78, 5) is 29.8. The van der Waals surface area contributed by atoms with Crippen LogP contribution >= 0.6 is 11.3 Å². The minimum Gasteiger partial charge on any atom is -0.266 e. The minimum absolute atomic E-state index is 0.251. The number of nitrogens with zero attached hydrogens (tertiary/aromatic N) is 1. The standard InChI is InChI=1S/C16H13N3O2S/c1-10-6-9-14(22-10)16(21)19-18-15(20)13-8-7-11-4-2-3-5-12(11)17-13/h2-9H,1H3,(H,18,20)(H,19,21). The van der Waals surface area contributed by atoms with E-state index in [-0.39, 0.29) is 11.6 Å². The number of benzene rings is 1. The molecule has 110 valence electrons. The number of rotatable bonds is 2. The minimum atomic E-state index is -0.451. The van der Waals surface area contributed by atoms with Crippen LogP contribution in [0.5, 0.6) is 0 Å². The molecule has 0 aliphatic carbocycles. The van der Waals surface area contributed by atoms with Gasteiger partial charge in [-0.25, -0.2) is 4.98 Å². The van der Waals surface area contributed by atoms with Crippen LogP contribution in [-0.2, 0) is 0 Å². The molecule has 2 amide bonds. The first kappa shape index (κ1) is 14.2. The van der Waals surface area contributed by atoms with E-state index in [0.717, 1.165) is 15.8 Å². The van der Waals surface area contributed by atoms with E-state index in [9.17, 15) is 9.59 Å². The summed E-state index contributed by atoms with van der Waals surface area (Å²) in [7, 11) is 0. The smallest absolute Gasteiger partial charge is 0.266 e. The molecule has 0 radical (unpaired) electrons. The van der Waals surface area contributed by atoms with Crippen LogP contribution < -0.4 is 10.9 Å². The van der Waals surface area contributed by atoms with E-state index in [0.29, 0.717) is 4.88 Å². The second kappa shape index (κ2) is 5.95. The fourth-order valence-corrected chi connectivity index (χ4v) is 2.75. The van der Waals surface area contributed by atoms with E-state index in [4.69, 9.17) is 0 Å². The molecule has 0 saturated carbocycles. The van der Waals surface area contributed by atoms with Crippen molar-refractivity contribution in [3.05, 3.63) is 64.0 Å². The Morgan fingerprint density at radius 1 is 0.955 bits per heavy atom. The first-order chi connectivity index (χ1) is 10.6. The van der Waals surface area contributed by atoms with Gasteiger partial charge in [-0.1, -0.05) is 24.3 Å². The van der Waals surface area contributed by atoms with Gasteiger partial charge in [0.2, 0.25) is 0 Å². The third-order valence-corrected chi connectivity index (χ3v) is 4.08. The normalized spacial score (nSPS) is 10.4. The van der Waals surface area contributed by atoms with Crippen molar-refractivity contribution in [1.82, 2.24) is 15.8 Å². The number of carbonyl (C=O) groups is 2. The second-order valence-corrected chi connectivity index (χ2v) is 6.00. The number of nitrogens with one attached hydrogen (secondary N) is 2. The Morgan fingerprint density at radius 3 is 2.50 bits per heavy atom. The number of aryl methyl sites for hydroxylation is 1. The number of pyridine rings is 1. The van der Waals surface area contributed by atoms with Crippen molar-refractivity contribution in [2.75, 3.05) is 0 Å². The number of aromatic nitrogens is 1. The number of carbonyl (C=O) groups excluding carboxylic acids is 2. The maximum absolute atomic E-state index is 12.0. The topological polar surface area (TPSA) is 71.1 Å². The van der Waals surface area contributed by atoms with Gasteiger partial charge < -0.3 is 0 Å². The van der Waals surface area contributed by atoms with Crippen molar-refractivity contribution in [2.24, 2.45) is 0 Å². The van der Waals surface area contributed by atoms with Gasteiger partial charge in [0, 0.05) is 10.3 Å². The summed E-state index contributed by atoms with van der Waals surface area (Å²) < 4.78 is 0. The maximum atomic E-state index is 12.0. The Bertz CT molecular complexity index is 857. The summed E-state index contributed by atoms with van der Waals surface area (Å²) in [5.41, 5.74) is 5.75. The highest BCUT2D eigenvalue weighted by Gasteiger charge is 2.11. The molecular formula is C16H13N3O2S. The second-order valence-electron chi connectivity index (χ2n) is 4.71. The fourth-order valence-electron chi connectivity index (χ4n) is 1.99. The summed E-state index contributed by atoms with van der Waals surface area (Å²) in [5.74, 6) is -0.792. The zero-order valence-corrected chi connectivity index (χ0v) is 12.6. The highest BCUT2D eigenvalue weighted by Crippen LogP contribution is 2.14. The quantitative estimate of drug-likeness (QED) is 0.715.